The standard InChI is InChI=1S/C17H26N2O2/c1-13-4-6-15(7-5-13)21-14(2)16(20)19-12-17(3)8-10-18-11-9-17/h4-7,14,18H,8-12H2,1-3H3,(H,19,20). The van der Waals surface area contributed by atoms with Crippen molar-refractivity contribution in [3.63, 3.8) is 0 Å². The Kier molecular flexibility index (Phi) is 5.23. The van der Waals surface area contributed by atoms with Gasteiger partial charge in [0.25, 0.3) is 5.91 Å². The van der Waals surface area contributed by atoms with E-state index in [0.717, 1.165) is 38.2 Å². The Balaban J connectivity index is 1.80. The Morgan fingerprint density at radius 2 is 1.95 bits per heavy atom. The number of hydrogen-bond donors (Lipinski definition) is 2. The van der Waals surface area contributed by atoms with E-state index in [1.807, 2.05) is 31.2 Å². The molecule has 2 N–H and O–H groups in total. The average molecular weight is 290 g/mol. The minimum absolute atomic E-state index is 0.0460. The maximum atomic E-state index is 12.1. The van der Waals surface area contributed by atoms with Crippen molar-refractivity contribution in [1.82, 2.24) is 10.6 Å². The van der Waals surface area contributed by atoms with Crippen molar-refractivity contribution in [2.24, 2.45) is 5.41 Å². The first-order valence-electron chi connectivity index (χ1n) is 7.70. The van der Waals surface area contributed by atoms with Crippen molar-refractivity contribution in [2.45, 2.75) is 39.7 Å². The Morgan fingerprint density at radius 1 is 1.33 bits per heavy atom. The predicted molar refractivity (Wildman–Crippen MR) is 84.5 cm³/mol. The number of carbonyl (C=O) groups is 1. The molecule has 116 valence electrons. The van der Waals surface area contributed by atoms with E-state index in [1.54, 1.807) is 6.92 Å². The monoisotopic (exact) mass is 290 g/mol. The molecular formula is C17H26N2O2. The summed E-state index contributed by atoms with van der Waals surface area (Å²) in [4.78, 5) is 12.1. The second kappa shape index (κ2) is 6.94. The van der Waals surface area contributed by atoms with Gasteiger partial charge in [-0.05, 0) is 57.3 Å². The number of rotatable bonds is 5. The van der Waals surface area contributed by atoms with Crippen LogP contribution >= 0.6 is 0 Å². The molecule has 1 unspecified atom stereocenters. The van der Waals surface area contributed by atoms with E-state index in [9.17, 15) is 4.79 Å². The molecule has 1 aliphatic rings. The van der Waals surface area contributed by atoms with Gasteiger partial charge in [0.2, 0.25) is 0 Å². The van der Waals surface area contributed by atoms with Crippen molar-refractivity contribution in [3.8, 4) is 5.75 Å². The van der Waals surface area contributed by atoms with Crippen molar-refractivity contribution in [3.05, 3.63) is 29.8 Å². The summed E-state index contributed by atoms with van der Waals surface area (Å²) in [7, 11) is 0. The van der Waals surface area contributed by atoms with Crippen molar-refractivity contribution in [1.29, 1.82) is 0 Å². The van der Waals surface area contributed by atoms with Crippen LogP contribution in [0.2, 0.25) is 0 Å². The highest BCUT2D eigenvalue weighted by Crippen LogP contribution is 2.26. The van der Waals surface area contributed by atoms with Gasteiger partial charge in [0, 0.05) is 6.54 Å². The van der Waals surface area contributed by atoms with Crippen LogP contribution in [0.4, 0.5) is 0 Å². The van der Waals surface area contributed by atoms with Crippen LogP contribution in [0, 0.1) is 12.3 Å². The van der Waals surface area contributed by atoms with E-state index in [0.29, 0.717) is 0 Å². The molecule has 4 heteroatoms. The predicted octanol–water partition coefficient (Wildman–Crippen LogP) is 2.27. The molecule has 0 radical (unpaired) electrons. The highest BCUT2D eigenvalue weighted by molar-refractivity contribution is 5.80. The second-order valence-corrected chi connectivity index (χ2v) is 6.35. The summed E-state index contributed by atoms with van der Waals surface area (Å²) in [5.41, 5.74) is 1.38. The largest absolute Gasteiger partial charge is 0.481 e. The van der Waals surface area contributed by atoms with Crippen molar-refractivity contribution >= 4 is 5.91 Å². The fourth-order valence-electron chi connectivity index (χ4n) is 2.53. The third-order valence-corrected chi connectivity index (χ3v) is 4.20. The highest BCUT2D eigenvalue weighted by atomic mass is 16.5. The normalized spacial score (nSPS) is 18.8. The number of nitrogens with one attached hydrogen (secondary N) is 2. The molecule has 1 fully saturated rings. The van der Waals surface area contributed by atoms with E-state index in [1.165, 1.54) is 5.56 Å². The first-order chi connectivity index (χ1) is 9.98. The third-order valence-electron chi connectivity index (χ3n) is 4.20. The summed E-state index contributed by atoms with van der Waals surface area (Å²) in [6.07, 6.45) is 1.72. The summed E-state index contributed by atoms with van der Waals surface area (Å²) < 4.78 is 5.68. The van der Waals surface area contributed by atoms with E-state index in [-0.39, 0.29) is 11.3 Å². The van der Waals surface area contributed by atoms with Gasteiger partial charge in [0.15, 0.2) is 6.10 Å². The van der Waals surface area contributed by atoms with Crippen molar-refractivity contribution in [2.75, 3.05) is 19.6 Å². The molecule has 1 amide bonds. The van der Waals surface area contributed by atoms with E-state index < -0.39 is 6.10 Å². The molecule has 0 bridgehead atoms. The summed E-state index contributed by atoms with van der Waals surface area (Å²) in [6.45, 7) is 8.83. The number of amides is 1. The van der Waals surface area contributed by atoms with Crippen LogP contribution in [0.1, 0.15) is 32.3 Å². The lowest BCUT2D eigenvalue weighted by Gasteiger charge is -2.34. The fraction of sp³-hybridized carbons (Fsp3) is 0.588. The van der Waals surface area contributed by atoms with Crippen LogP contribution in [-0.2, 0) is 4.79 Å². The lowest BCUT2D eigenvalue weighted by Crippen LogP contribution is -2.45. The second-order valence-electron chi connectivity index (χ2n) is 6.35. The molecule has 0 aromatic heterocycles. The van der Waals surface area contributed by atoms with Gasteiger partial charge in [0.1, 0.15) is 5.75 Å². The first kappa shape index (κ1) is 15.8. The molecule has 1 atom stereocenters. The van der Waals surface area contributed by atoms with Gasteiger partial charge in [-0.25, -0.2) is 0 Å². The highest BCUT2D eigenvalue weighted by Gasteiger charge is 2.28. The zero-order chi connectivity index (χ0) is 15.3. The maximum Gasteiger partial charge on any atom is 0.260 e. The molecule has 1 aliphatic heterocycles. The fourth-order valence-corrected chi connectivity index (χ4v) is 2.53. The molecule has 2 rings (SSSR count). The van der Waals surface area contributed by atoms with E-state index in [4.69, 9.17) is 4.74 Å². The van der Waals surface area contributed by atoms with Crippen LogP contribution in [0.15, 0.2) is 24.3 Å². The molecule has 0 saturated carbocycles. The van der Waals surface area contributed by atoms with E-state index >= 15 is 0 Å². The summed E-state index contributed by atoms with van der Waals surface area (Å²) >= 11 is 0. The SMILES string of the molecule is Cc1ccc(OC(C)C(=O)NCC2(C)CCNCC2)cc1. The molecule has 1 aromatic rings. The van der Waals surface area contributed by atoms with Gasteiger partial charge in [-0.1, -0.05) is 24.6 Å². The smallest absolute Gasteiger partial charge is 0.260 e. The van der Waals surface area contributed by atoms with E-state index in [2.05, 4.69) is 17.6 Å². The van der Waals surface area contributed by atoms with Gasteiger partial charge in [0.05, 0.1) is 0 Å². The Morgan fingerprint density at radius 3 is 2.57 bits per heavy atom. The van der Waals surface area contributed by atoms with Gasteiger partial charge >= 0.3 is 0 Å². The van der Waals surface area contributed by atoms with Gasteiger partial charge < -0.3 is 15.4 Å². The lowest BCUT2D eigenvalue weighted by molar-refractivity contribution is -0.127. The average Bonchev–Trinajstić information content (AvgIpc) is 2.48. The maximum absolute atomic E-state index is 12.1. The van der Waals surface area contributed by atoms with Crippen LogP contribution in [-0.4, -0.2) is 31.6 Å². The van der Waals surface area contributed by atoms with Crippen LogP contribution in [0.5, 0.6) is 5.75 Å². The number of piperidine rings is 1. The minimum atomic E-state index is -0.474. The number of hydrogen-bond acceptors (Lipinski definition) is 3. The van der Waals surface area contributed by atoms with Gasteiger partial charge in [-0.3, -0.25) is 4.79 Å². The summed E-state index contributed by atoms with van der Waals surface area (Å²) in [5.74, 6) is 0.687. The molecule has 0 spiro atoms. The molecule has 21 heavy (non-hydrogen) atoms. The zero-order valence-electron chi connectivity index (χ0n) is 13.2. The number of aryl methyl sites for hydroxylation is 1. The molecule has 4 nitrogen and oxygen atoms in total. The zero-order valence-corrected chi connectivity index (χ0v) is 13.2. The quantitative estimate of drug-likeness (QED) is 0.874. The van der Waals surface area contributed by atoms with Crippen LogP contribution in [0.25, 0.3) is 0 Å². The molecule has 1 saturated heterocycles. The Labute approximate surface area is 127 Å². The van der Waals surface area contributed by atoms with Crippen molar-refractivity contribution < 1.29 is 9.53 Å². The molecular weight excluding hydrogens is 264 g/mol. The lowest BCUT2D eigenvalue weighted by atomic mass is 9.81. The summed E-state index contributed by atoms with van der Waals surface area (Å²) in [6, 6.07) is 7.76. The Bertz CT molecular complexity index is 464. The van der Waals surface area contributed by atoms with Gasteiger partial charge in [-0.2, -0.15) is 0 Å². The van der Waals surface area contributed by atoms with Crippen LogP contribution in [0.3, 0.4) is 0 Å². The number of carbonyl (C=O) groups excluding carboxylic acids is 1. The minimum Gasteiger partial charge on any atom is -0.481 e. The summed E-state index contributed by atoms with van der Waals surface area (Å²) in [5, 5.41) is 6.38. The van der Waals surface area contributed by atoms with Gasteiger partial charge in [-0.15, -0.1) is 0 Å². The topological polar surface area (TPSA) is 50.4 Å². The molecule has 0 aliphatic carbocycles. The third kappa shape index (κ3) is 4.74. The Hall–Kier alpha value is -1.55. The number of ether oxygens (including phenoxy) is 1. The first-order valence-corrected chi connectivity index (χ1v) is 7.70. The molecule has 1 heterocycles. The van der Waals surface area contributed by atoms with Crippen LogP contribution < -0.4 is 15.4 Å². The number of benzene rings is 1. The molecule has 1 aromatic carbocycles.